The molecule has 5 heteroatoms. The van der Waals surface area contributed by atoms with Crippen molar-refractivity contribution in [1.82, 2.24) is 10.2 Å². The highest BCUT2D eigenvalue weighted by Gasteiger charge is 2.38. The van der Waals surface area contributed by atoms with Crippen LogP contribution in [0.1, 0.15) is 58.3 Å². The molecule has 5 nitrogen and oxygen atoms in total. The van der Waals surface area contributed by atoms with Crippen LogP contribution in [0.4, 0.5) is 0 Å². The van der Waals surface area contributed by atoms with Gasteiger partial charge in [-0.25, -0.2) is 0 Å². The van der Waals surface area contributed by atoms with Crippen LogP contribution >= 0.6 is 0 Å². The Morgan fingerprint density at radius 3 is 2.57 bits per heavy atom. The molecule has 2 aliphatic rings. The van der Waals surface area contributed by atoms with E-state index in [2.05, 4.69) is 17.1 Å². The third-order valence-corrected chi connectivity index (χ3v) is 5.04. The van der Waals surface area contributed by atoms with E-state index in [9.17, 15) is 9.59 Å². The Morgan fingerprint density at radius 2 is 1.95 bits per heavy atom. The van der Waals surface area contributed by atoms with Crippen LogP contribution in [0.25, 0.3) is 0 Å². The molecule has 120 valence electrons. The number of likely N-dealkylation sites (N-methyl/N-ethyl adjacent to an activating group) is 1. The lowest BCUT2D eigenvalue weighted by Gasteiger charge is -2.33. The minimum Gasteiger partial charge on any atom is -0.481 e. The number of likely N-dealkylation sites (tertiary alicyclic amines) is 1. The number of carbonyl (C=O) groups excluding carboxylic acids is 1. The Morgan fingerprint density at radius 1 is 1.24 bits per heavy atom. The van der Waals surface area contributed by atoms with Crippen molar-refractivity contribution >= 4 is 11.9 Å². The van der Waals surface area contributed by atoms with Gasteiger partial charge in [0.1, 0.15) is 0 Å². The molecule has 0 spiro atoms. The third-order valence-electron chi connectivity index (χ3n) is 5.04. The molecule has 1 atom stereocenters. The maximum absolute atomic E-state index is 12.3. The average Bonchev–Trinajstić information content (AvgIpc) is 2.85. The molecule has 1 aliphatic heterocycles. The Balaban J connectivity index is 1.86. The van der Waals surface area contributed by atoms with Gasteiger partial charge < -0.3 is 15.3 Å². The molecular weight excluding hydrogens is 268 g/mol. The van der Waals surface area contributed by atoms with Gasteiger partial charge in [-0.2, -0.15) is 0 Å². The molecule has 21 heavy (non-hydrogen) atoms. The monoisotopic (exact) mass is 296 g/mol. The van der Waals surface area contributed by atoms with Crippen LogP contribution in [0.2, 0.25) is 0 Å². The van der Waals surface area contributed by atoms with E-state index in [0.717, 1.165) is 58.2 Å². The summed E-state index contributed by atoms with van der Waals surface area (Å²) in [4.78, 5) is 25.8. The van der Waals surface area contributed by atoms with Gasteiger partial charge in [0.2, 0.25) is 5.91 Å². The largest absolute Gasteiger partial charge is 0.481 e. The van der Waals surface area contributed by atoms with Crippen molar-refractivity contribution in [1.29, 1.82) is 0 Å². The summed E-state index contributed by atoms with van der Waals surface area (Å²) < 4.78 is 0. The zero-order valence-corrected chi connectivity index (χ0v) is 13.1. The Bertz CT molecular complexity index is 378. The number of nitrogens with zero attached hydrogens (tertiary/aromatic N) is 1. The number of hydrogen-bond donors (Lipinski definition) is 2. The van der Waals surface area contributed by atoms with Crippen molar-refractivity contribution < 1.29 is 14.7 Å². The second-order valence-electron chi connectivity index (χ2n) is 6.75. The molecule has 0 bridgehead atoms. The highest BCUT2D eigenvalue weighted by molar-refractivity contribution is 5.78. The van der Waals surface area contributed by atoms with E-state index in [-0.39, 0.29) is 23.8 Å². The molecule has 1 saturated heterocycles. The standard InChI is InChI=1S/C16H28N2O3/c1-2-18-9-5-6-13(12-18)17-14(19)10-16(11-15(20)21)7-3-4-8-16/h13H,2-12H2,1H3,(H,17,19)(H,20,21). The van der Waals surface area contributed by atoms with Gasteiger partial charge in [-0.15, -0.1) is 0 Å². The molecule has 1 aliphatic carbocycles. The molecule has 2 fully saturated rings. The Kier molecular flexibility index (Phi) is 5.62. The van der Waals surface area contributed by atoms with Crippen LogP contribution in [0.3, 0.4) is 0 Å². The predicted molar refractivity (Wildman–Crippen MR) is 81.0 cm³/mol. The molecule has 1 amide bonds. The second kappa shape index (κ2) is 7.25. The third kappa shape index (κ3) is 4.70. The van der Waals surface area contributed by atoms with Crippen molar-refractivity contribution in [2.75, 3.05) is 19.6 Å². The number of rotatable bonds is 6. The topological polar surface area (TPSA) is 69.6 Å². The summed E-state index contributed by atoms with van der Waals surface area (Å²) in [5.41, 5.74) is -0.297. The van der Waals surface area contributed by atoms with Gasteiger partial charge in [-0.1, -0.05) is 19.8 Å². The van der Waals surface area contributed by atoms with Gasteiger partial charge in [-0.05, 0) is 44.2 Å². The van der Waals surface area contributed by atoms with Gasteiger partial charge >= 0.3 is 5.97 Å². The lowest BCUT2D eigenvalue weighted by atomic mass is 9.79. The first-order valence-electron chi connectivity index (χ1n) is 8.26. The molecule has 2 N–H and O–H groups in total. The Hall–Kier alpha value is -1.10. The fourth-order valence-electron chi connectivity index (χ4n) is 3.94. The summed E-state index contributed by atoms with van der Waals surface area (Å²) in [6.45, 7) is 5.21. The number of nitrogens with one attached hydrogen (secondary N) is 1. The zero-order chi connectivity index (χ0) is 15.3. The lowest BCUT2D eigenvalue weighted by molar-refractivity contribution is -0.140. The molecule has 1 saturated carbocycles. The van der Waals surface area contributed by atoms with E-state index < -0.39 is 5.97 Å². The first-order chi connectivity index (χ1) is 10.0. The average molecular weight is 296 g/mol. The first-order valence-corrected chi connectivity index (χ1v) is 8.26. The van der Waals surface area contributed by atoms with Crippen molar-refractivity contribution in [3.63, 3.8) is 0 Å². The minimum atomic E-state index is -0.778. The van der Waals surface area contributed by atoms with E-state index in [1.165, 1.54) is 0 Å². The van der Waals surface area contributed by atoms with Crippen LogP contribution in [-0.4, -0.2) is 47.6 Å². The summed E-state index contributed by atoms with van der Waals surface area (Å²) in [6.07, 6.45) is 6.51. The van der Waals surface area contributed by atoms with E-state index in [4.69, 9.17) is 5.11 Å². The van der Waals surface area contributed by atoms with E-state index in [1.807, 2.05) is 0 Å². The summed E-state index contributed by atoms with van der Waals surface area (Å²) >= 11 is 0. The van der Waals surface area contributed by atoms with Crippen molar-refractivity contribution in [2.24, 2.45) is 5.41 Å². The Labute approximate surface area is 127 Å². The molecule has 1 unspecified atom stereocenters. The van der Waals surface area contributed by atoms with Crippen LogP contribution in [0.15, 0.2) is 0 Å². The number of carboxylic acids is 1. The molecule has 2 rings (SSSR count). The molecular formula is C16H28N2O3. The normalized spacial score (nSPS) is 25.7. The number of piperidine rings is 1. The molecule has 1 heterocycles. The van der Waals surface area contributed by atoms with E-state index >= 15 is 0 Å². The molecule has 0 aromatic carbocycles. The molecule has 0 radical (unpaired) electrons. The smallest absolute Gasteiger partial charge is 0.303 e. The molecule has 0 aromatic heterocycles. The fourth-order valence-corrected chi connectivity index (χ4v) is 3.94. The summed E-state index contributed by atoms with van der Waals surface area (Å²) in [5.74, 6) is -0.736. The highest BCUT2D eigenvalue weighted by Crippen LogP contribution is 2.44. The molecule has 0 aromatic rings. The summed E-state index contributed by atoms with van der Waals surface area (Å²) in [6, 6.07) is 0.231. The SMILES string of the molecule is CCN1CCCC(NC(=O)CC2(CC(=O)O)CCCC2)C1. The highest BCUT2D eigenvalue weighted by atomic mass is 16.4. The summed E-state index contributed by atoms with van der Waals surface area (Å²) in [7, 11) is 0. The predicted octanol–water partition coefficient (Wildman–Crippen LogP) is 2.01. The summed E-state index contributed by atoms with van der Waals surface area (Å²) in [5, 5.41) is 12.2. The van der Waals surface area contributed by atoms with E-state index in [1.54, 1.807) is 0 Å². The van der Waals surface area contributed by atoms with Gasteiger partial charge in [0.25, 0.3) is 0 Å². The fraction of sp³-hybridized carbons (Fsp3) is 0.875. The van der Waals surface area contributed by atoms with Gasteiger partial charge in [0.05, 0.1) is 6.42 Å². The number of hydrogen-bond acceptors (Lipinski definition) is 3. The number of amides is 1. The van der Waals surface area contributed by atoms with Gasteiger partial charge in [0.15, 0.2) is 0 Å². The quantitative estimate of drug-likeness (QED) is 0.786. The van der Waals surface area contributed by atoms with Crippen LogP contribution < -0.4 is 5.32 Å². The van der Waals surface area contributed by atoms with Crippen molar-refractivity contribution in [3.05, 3.63) is 0 Å². The lowest BCUT2D eigenvalue weighted by Crippen LogP contribution is -2.48. The van der Waals surface area contributed by atoms with Crippen molar-refractivity contribution in [2.45, 2.75) is 64.3 Å². The van der Waals surface area contributed by atoms with Crippen LogP contribution in [-0.2, 0) is 9.59 Å². The van der Waals surface area contributed by atoms with Crippen LogP contribution in [0, 0.1) is 5.41 Å². The van der Waals surface area contributed by atoms with Gasteiger partial charge in [-0.3, -0.25) is 9.59 Å². The van der Waals surface area contributed by atoms with Crippen LogP contribution in [0.5, 0.6) is 0 Å². The zero-order valence-electron chi connectivity index (χ0n) is 13.1. The second-order valence-corrected chi connectivity index (χ2v) is 6.75. The number of carboxylic acid groups (broad SMARTS) is 1. The minimum absolute atomic E-state index is 0.0427. The van der Waals surface area contributed by atoms with Gasteiger partial charge in [0, 0.05) is 19.0 Å². The maximum atomic E-state index is 12.3. The van der Waals surface area contributed by atoms with E-state index in [0.29, 0.717) is 6.42 Å². The maximum Gasteiger partial charge on any atom is 0.303 e. The number of aliphatic carboxylic acids is 1. The first kappa shape index (κ1) is 16.3. The number of carbonyl (C=O) groups is 2. The van der Waals surface area contributed by atoms with Crippen molar-refractivity contribution in [3.8, 4) is 0 Å².